The lowest BCUT2D eigenvalue weighted by Crippen LogP contribution is -2.40. The van der Waals surface area contributed by atoms with Gasteiger partial charge in [-0.05, 0) is 62.6 Å². The van der Waals surface area contributed by atoms with Crippen LogP contribution in [-0.4, -0.2) is 54.7 Å². The van der Waals surface area contributed by atoms with Gasteiger partial charge in [0.05, 0.1) is 17.7 Å². The molecule has 0 radical (unpaired) electrons. The Hall–Kier alpha value is -3.23. The molecule has 1 fully saturated rings. The minimum absolute atomic E-state index is 0.00746. The molecule has 1 saturated heterocycles. The summed E-state index contributed by atoms with van der Waals surface area (Å²) in [5, 5.41) is 3.44. The summed E-state index contributed by atoms with van der Waals surface area (Å²) < 4.78 is 50.1. The van der Waals surface area contributed by atoms with Crippen LogP contribution in [0.4, 0.5) is 18.0 Å². The molecule has 2 aromatic rings. The van der Waals surface area contributed by atoms with Gasteiger partial charge >= 0.3 is 12.3 Å². The second-order valence-corrected chi connectivity index (χ2v) is 9.42. The quantitative estimate of drug-likeness (QED) is 0.656. The maximum Gasteiger partial charge on any atom is 0.416 e. The molecule has 0 aromatic heterocycles. The van der Waals surface area contributed by atoms with E-state index in [4.69, 9.17) is 9.47 Å². The minimum atomic E-state index is -4.38. The zero-order chi connectivity index (χ0) is 24.5. The number of hydrogen-bond donors (Lipinski definition) is 1. The largest absolute Gasteiger partial charge is 0.491 e. The number of likely N-dealkylation sites (tertiary alicyclic amines) is 1. The molecule has 0 saturated carbocycles. The van der Waals surface area contributed by atoms with Crippen molar-refractivity contribution in [1.29, 1.82) is 0 Å². The number of hydrogen-bond acceptors (Lipinski definition) is 5. The predicted molar refractivity (Wildman–Crippen MR) is 123 cm³/mol. The van der Waals surface area contributed by atoms with Crippen molar-refractivity contribution in [3.63, 3.8) is 0 Å². The van der Waals surface area contributed by atoms with Crippen molar-refractivity contribution in [2.45, 2.75) is 45.0 Å². The van der Waals surface area contributed by atoms with Gasteiger partial charge in [0, 0.05) is 19.1 Å². The molecule has 2 aliphatic heterocycles. The number of nitrogens with one attached hydrogen (secondary N) is 1. The fourth-order valence-corrected chi connectivity index (χ4v) is 3.96. The molecule has 0 aliphatic carbocycles. The average Bonchev–Trinajstić information content (AvgIpc) is 3.14. The molecule has 0 unspecified atom stereocenters. The third-order valence-electron chi connectivity index (χ3n) is 5.58. The Kier molecular flexibility index (Phi) is 6.47. The third-order valence-corrected chi connectivity index (χ3v) is 5.58. The van der Waals surface area contributed by atoms with Crippen molar-refractivity contribution in [2.24, 2.45) is 4.99 Å². The van der Waals surface area contributed by atoms with Crippen molar-refractivity contribution in [1.82, 2.24) is 10.2 Å². The SMILES string of the molecule is CC(C)(C)OC(=O)N1CC[C@H](NC2=NCCOc3ccc(-c4ccc(C(F)(F)F)cc4)cc32)C1. The summed E-state index contributed by atoms with van der Waals surface area (Å²) in [6, 6.07) is 10.6. The number of carbonyl (C=O) groups is 1. The molecule has 2 heterocycles. The highest BCUT2D eigenvalue weighted by atomic mass is 19.4. The van der Waals surface area contributed by atoms with Crippen LogP contribution in [0.15, 0.2) is 47.5 Å². The van der Waals surface area contributed by atoms with Crippen LogP contribution in [-0.2, 0) is 10.9 Å². The Labute approximate surface area is 196 Å². The molecule has 9 heteroatoms. The zero-order valence-corrected chi connectivity index (χ0v) is 19.4. The highest BCUT2D eigenvalue weighted by molar-refractivity contribution is 6.02. The number of carbonyl (C=O) groups excluding carboxylic acids is 1. The van der Waals surface area contributed by atoms with Crippen molar-refractivity contribution in [3.05, 3.63) is 53.6 Å². The normalized spacial score (nSPS) is 18.5. The number of rotatable bonds is 2. The summed E-state index contributed by atoms with van der Waals surface area (Å²) in [5.41, 5.74) is 0.921. The van der Waals surface area contributed by atoms with Crippen LogP contribution < -0.4 is 10.1 Å². The summed E-state index contributed by atoms with van der Waals surface area (Å²) >= 11 is 0. The summed E-state index contributed by atoms with van der Waals surface area (Å²) in [5.74, 6) is 1.30. The number of halogens is 3. The molecule has 0 bridgehead atoms. The first-order chi connectivity index (χ1) is 16.0. The van der Waals surface area contributed by atoms with Crippen molar-refractivity contribution < 1.29 is 27.4 Å². The second kappa shape index (κ2) is 9.19. The van der Waals surface area contributed by atoms with E-state index in [0.717, 1.165) is 29.7 Å². The first-order valence-corrected chi connectivity index (χ1v) is 11.2. The van der Waals surface area contributed by atoms with E-state index in [1.54, 1.807) is 4.90 Å². The molecule has 6 nitrogen and oxygen atoms in total. The van der Waals surface area contributed by atoms with Gasteiger partial charge in [-0.2, -0.15) is 13.2 Å². The van der Waals surface area contributed by atoms with Gasteiger partial charge < -0.3 is 19.7 Å². The lowest BCUT2D eigenvalue weighted by molar-refractivity contribution is -0.137. The molecule has 182 valence electrons. The van der Waals surface area contributed by atoms with E-state index in [-0.39, 0.29) is 12.1 Å². The topological polar surface area (TPSA) is 63.2 Å². The second-order valence-electron chi connectivity index (χ2n) is 9.42. The molecule has 34 heavy (non-hydrogen) atoms. The summed E-state index contributed by atoms with van der Waals surface area (Å²) in [6.07, 6.45) is -3.97. The first-order valence-electron chi connectivity index (χ1n) is 11.2. The van der Waals surface area contributed by atoms with Gasteiger partial charge in [0.1, 0.15) is 23.8 Å². The fourth-order valence-electron chi connectivity index (χ4n) is 3.96. The van der Waals surface area contributed by atoms with Crippen LogP contribution in [0.2, 0.25) is 0 Å². The number of fused-ring (bicyclic) bond motifs is 1. The molecule has 2 aliphatic rings. The van der Waals surface area contributed by atoms with Crippen LogP contribution in [0, 0.1) is 0 Å². The molecule has 1 amide bonds. The summed E-state index contributed by atoms with van der Waals surface area (Å²) in [7, 11) is 0. The minimum Gasteiger partial charge on any atom is -0.491 e. The number of aliphatic imine (C=N–C) groups is 1. The van der Waals surface area contributed by atoms with Crippen molar-refractivity contribution in [3.8, 4) is 16.9 Å². The molecular weight excluding hydrogens is 447 g/mol. The third kappa shape index (κ3) is 5.63. The summed E-state index contributed by atoms with van der Waals surface area (Å²) in [4.78, 5) is 18.7. The van der Waals surface area contributed by atoms with Gasteiger partial charge in [-0.25, -0.2) is 4.79 Å². The van der Waals surface area contributed by atoms with Gasteiger partial charge in [-0.3, -0.25) is 4.99 Å². The molecule has 1 N–H and O–H groups in total. The van der Waals surface area contributed by atoms with E-state index in [9.17, 15) is 18.0 Å². The number of ether oxygens (including phenoxy) is 2. The van der Waals surface area contributed by atoms with Gasteiger partial charge in [0.15, 0.2) is 0 Å². The van der Waals surface area contributed by atoms with Gasteiger partial charge in [-0.1, -0.05) is 18.2 Å². The van der Waals surface area contributed by atoms with Crippen LogP contribution in [0.25, 0.3) is 11.1 Å². The Morgan fingerprint density at radius 1 is 1.12 bits per heavy atom. The smallest absolute Gasteiger partial charge is 0.416 e. The first kappa shape index (κ1) is 23.9. The van der Waals surface area contributed by atoms with Crippen LogP contribution in [0.3, 0.4) is 0 Å². The molecule has 1 atom stereocenters. The van der Waals surface area contributed by atoms with Gasteiger partial charge in [0.25, 0.3) is 0 Å². The van der Waals surface area contributed by atoms with Crippen LogP contribution in [0.1, 0.15) is 38.3 Å². The molecule has 0 spiro atoms. The standard InChI is InChI=1S/C25H28F3N3O3/c1-24(2,3)34-23(32)31-12-10-19(15-31)30-22-20-14-17(6-9-21(20)33-13-11-29-22)16-4-7-18(8-5-16)25(26,27)28/h4-9,14,19H,10-13,15H2,1-3H3,(H,29,30)/t19-/m0/s1. The van der Waals surface area contributed by atoms with E-state index in [1.165, 1.54) is 12.1 Å². The predicted octanol–water partition coefficient (Wildman–Crippen LogP) is 5.11. The van der Waals surface area contributed by atoms with E-state index >= 15 is 0 Å². The maximum absolute atomic E-state index is 12.9. The molecule has 2 aromatic carbocycles. The fraction of sp³-hybridized carbons (Fsp3) is 0.440. The Morgan fingerprint density at radius 2 is 1.82 bits per heavy atom. The number of amidine groups is 1. The number of amides is 1. The van der Waals surface area contributed by atoms with Gasteiger partial charge in [0.2, 0.25) is 0 Å². The van der Waals surface area contributed by atoms with Crippen LogP contribution >= 0.6 is 0 Å². The van der Waals surface area contributed by atoms with E-state index in [2.05, 4.69) is 10.3 Å². The highest BCUT2D eigenvalue weighted by Gasteiger charge is 2.32. The number of nitrogens with zero attached hydrogens (tertiary/aromatic N) is 2. The van der Waals surface area contributed by atoms with Crippen molar-refractivity contribution in [2.75, 3.05) is 26.2 Å². The monoisotopic (exact) mass is 475 g/mol. The van der Waals surface area contributed by atoms with Crippen LogP contribution in [0.5, 0.6) is 5.75 Å². The van der Waals surface area contributed by atoms with E-state index in [1.807, 2.05) is 39.0 Å². The maximum atomic E-state index is 12.9. The lowest BCUT2D eigenvalue weighted by Gasteiger charge is -2.24. The number of alkyl halides is 3. The Balaban J connectivity index is 1.52. The molecule has 4 rings (SSSR count). The average molecular weight is 476 g/mol. The number of benzene rings is 2. The van der Waals surface area contributed by atoms with Gasteiger partial charge in [-0.15, -0.1) is 0 Å². The van der Waals surface area contributed by atoms with Crippen molar-refractivity contribution >= 4 is 11.9 Å². The Morgan fingerprint density at radius 3 is 2.50 bits per heavy atom. The highest BCUT2D eigenvalue weighted by Crippen LogP contribution is 2.33. The molecular formula is C25H28F3N3O3. The van der Waals surface area contributed by atoms with E-state index in [0.29, 0.717) is 43.4 Å². The van der Waals surface area contributed by atoms with E-state index < -0.39 is 17.3 Å². The summed E-state index contributed by atoms with van der Waals surface area (Å²) in [6.45, 7) is 7.46. The zero-order valence-electron chi connectivity index (χ0n) is 19.4. The lowest BCUT2D eigenvalue weighted by atomic mass is 10.00. The Bertz CT molecular complexity index is 1080.